The summed E-state index contributed by atoms with van der Waals surface area (Å²) in [6.45, 7) is 2.56. The average molecular weight is 375 g/mol. The molecule has 0 saturated carbocycles. The van der Waals surface area contributed by atoms with E-state index in [1.807, 2.05) is 24.3 Å². The van der Waals surface area contributed by atoms with E-state index in [-0.39, 0.29) is 5.69 Å². The second-order valence-corrected chi connectivity index (χ2v) is 6.37. The highest BCUT2D eigenvalue weighted by atomic mass is 16.6. The first-order chi connectivity index (χ1) is 13.7. The van der Waals surface area contributed by atoms with Crippen LogP contribution in [-0.2, 0) is 4.74 Å². The molecule has 2 aromatic carbocycles. The number of allylic oxidation sites excluding steroid dienone is 1. The number of para-hydroxylation sites is 2. The number of ether oxygens (including phenoxy) is 1. The molecule has 1 saturated heterocycles. The Kier molecular flexibility index (Phi) is 4.74. The zero-order chi connectivity index (χ0) is 19.5. The van der Waals surface area contributed by atoms with E-state index in [0.717, 1.165) is 16.7 Å². The van der Waals surface area contributed by atoms with E-state index in [1.165, 1.54) is 12.1 Å². The van der Waals surface area contributed by atoms with Crippen molar-refractivity contribution in [2.75, 3.05) is 31.2 Å². The van der Waals surface area contributed by atoms with E-state index in [1.54, 1.807) is 12.1 Å². The summed E-state index contributed by atoms with van der Waals surface area (Å²) in [7, 11) is 0. The summed E-state index contributed by atoms with van der Waals surface area (Å²) in [6, 6.07) is 14.4. The number of nitrogens with zero attached hydrogens (tertiary/aromatic N) is 4. The third-order valence-corrected chi connectivity index (χ3v) is 4.64. The molecule has 1 N–H and O–H groups in total. The van der Waals surface area contributed by atoms with Gasteiger partial charge in [-0.25, -0.2) is 4.98 Å². The first-order valence-electron chi connectivity index (χ1n) is 8.84. The Morgan fingerprint density at radius 3 is 2.79 bits per heavy atom. The Hall–Kier alpha value is -3.70. The molecule has 8 nitrogen and oxygen atoms in total. The maximum absolute atomic E-state index is 11.3. The Bertz CT molecular complexity index is 1070. The van der Waals surface area contributed by atoms with Crippen LogP contribution in [0.4, 0.5) is 11.4 Å². The van der Waals surface area contributed by atoms with Crippen molar-refractivity contribution in [1.82, 2.24) is 9.97 Å². The molecule has 140 valence electrons. The molecule has 0 atom stereocenters. The van der Waals surface area contributed by atoms with Crippen LogP contribution in [0.1, 0.15) is 11.4 Å². The van der Waals surface area contributed by atoms with Crippen molar-refractivity contribution in [1.29, 1.82) is 5.26 Å². The minimum atomic E-state index is -0.437. The monoisotopic (exact) mass is 375 g/mol. The van der Waals surface area contributed by atoms with Crippen LogP contribution in [0, 0.1) is 21.4 Å². The number of H-pyrrole nitrogens is 1. The maximum atomic E-state index is 11.3. The van der Waals surface area contributed by atoms with Crippen LogP contribution in [0.5, 0.6) is 0 Å². The number of nitriles is 1. The molecular weight excluding hydrogens is 358 g/mol. The van der Waals surface area contributed by atoms with Crippen molar-refractivity contribution < 1.29 is 9.66 Å². The summed E-state index contributed by atoms with van der Waals surface area (Å²) >= 11 is 0. The number of hydrogen-bond donors (Lipinski definition) is 1. The van der Waals surface area contributed by atoms with Gasteiger partial charge in [-0.2, -0.15) is 5.26 Å². The summed E-state index contributed by atoms with van der Waals surface area (Å²) in [4.78, 5) is 20.5. The smallest absolute Gasteiger partial charge is 0.270 e. The highest BCUT2D eigenvalue weighted by Crippen LogP contribution is 2.30. The highest BCUT2D eigenvalue weighted by Gasteiger charge is 2.18. The van der Waals surface area contributed by atoms with Gasteiger partial charge in [0.15, 0.2) is 0 Å². The third kappa shape index (κ3) is 3.43. The standard InChI is InChI=1S/C20H17N5O3/c21-13-15(20-22-17-3-1-2-4-18(17)23-20)11-14-12-16(25(26)27)5-6-19(14)24-7-9-28-10-8-24/h1-6,11-12H,7-10H2,(H,22,23)/b15-11-. The van der Waals surface area contributed by atoms with Crippen LogP contribution in [-0.4, -0.2) is 41.2 Å². The lowest BCUT2D eigenvalue weighted by Crippen LogP contribution is -2.36. The zero-order valence-electron chi connectivity index (χ0n) is 15.0. The second-order valence-electron chi connectivity index (χ2n) is 6.37. The predicted octanol–water partition coefficient (Wildman–Crippen LogP) is 3.37. The first kappa shape index (κ1) is 17.7. The number of rotatable bonds is 4. The van der Waals surface area contributed by atoms with Crippen molar-refractivity contribution in [3.8, 4) is 6.07 Å². The van der Waals surface area contributed by atoms with Gasteiger partial charge in [-0.1, -0.05) is 12.1 Å². The van der Waals surface area contributed by atoms with Gasteiger partial charge in [-0.3, -0.25) is 10.1 Å². The topological polar surface area (TPSA) is 108 Å². The van der Waals surface area contributed by atoms with Crippen molar-refractivity contribution >= 4 is 34.1 Å². The number of anilines is 1. The summed E-state index contributed by atoms with van der Waals surface area (Å²) in [5, 5.41) is 21.0. The molecule has 1 aromatic heterocycles. The number of imidazole rings is 1. The van der Waals surface area contributed by atoms with E-state index in [0.29, 0.717) is 43.3 Å². The summed E-state index contributed by atoms with van der Waals surface area (Å²) in [6.07, 6.45) is 1.65. The predicted molar refractivity (Wildman–Crippen MR) is 106 cm³/mol. The molecule has 0 amide bonds. The molecule has 1 fully saturated rings. The fourth-order valence-corrected chi connectivity index (χ4v) is 3.25. The van der Waals surface area contributed by atoms with E-state index in [2.05, 4.69) is 20.9 Å². The number of non-ortho nitro benzene ring substituents is 1. The Balaban J connectivity index is 1.81. The Morgan fingerprint density at radius 1 is 1.29 bits per heavy atom. The fraction of sp³-hybridized carbons (Fsp3) is 0.200. The van der Waals surface area contributed by atoms with Gasteiger partial charge in [0.05, 0.1) is 34.7 Å². The molecule has 0 aliphatic carbocycles. The van der Waals surface area contributed by atoms with Crippen LogP contribution in [0.3, 0.4) is 0 Å². The number of fused-ring (bicyclic) bond motifs is 1. The molecular formula is C20H17N5O3. The lowest BCUT2D eigenvalue weighted by molar-refractivity contribution is -0.384. The number of benzene rings is 2. The number of aromatic nitrogens is 2. The van der Waals surface area contributed by atoms with Crippen molar-refractivity contribution in [3.05, 3.63) is 64.0 Å². The number of aromatic amines is 1. The van der Waals surface area contributed by atoms with Gasteiger partial charge in [0.2, 0.25) is 0 Å². The SMILES string of the molecule is N#C/C(=C/c1cc([N+](=O)[O-])ccc1N1CCOCC1)c1nc2ccccc2[nH]1. The minimum absolute atomic E-state index is 0.0230. The number of nitro groups is 1. The maximum Gasteiger partial charge on any atom is 0.270 e. The van der Waals surface area contributed by atoms with E-state index in [4.69, 9.17) is 4.74 Å². The molecule has 1 aliphatic rings. The van der Waals surface area contributed by atoms with Gasteiger partial charge in [0, 0.05) is 36.5 Å². The van der Waals surface area contributed by atoms with Crippen LogP contribution < -0.4 is 4.90 Å². The van der Waals surface area contributed by atoms with Crippen LogP contribution >= 0.6 is 0 Å². The van der Waals surface area contributed by atoms with Gasteiger partial charge < -0.3 is 14.6 Å². The Morgan fingerprint density at radius 2 is 2.07 bits per heavy atom. The zero-order valence-corrected chi connectivity index (χ0v) is 15.0. The normalized spacial score (nSPS) is 14.8. The number of nitro benzene ring substituents is 1. The van der Waals surface area contributed by atoms with Crippen molar-refractivity contribution in [2.45, 2.75) is 0 Å². The number of hydrogen-bond acceptors (Lipinski definition) is 6. The van der Waals surface area contributed by atoms with Gasteiger partial charge in [0.25, 0.3) is 5.69 Å². The second kappa shape index (κ2) is 7.50. The largest absolute Gasteiger partial charge is 0.378 e. The van der Waals surface area contributed by atoms with E-state index >= 15 is 0 Å². The molecule has 4 rings (SSSR count). The minimum Gasteiger partial charge on any atom is -0.378 e. The molecule has 0 unspecified atom stereocenters. The van der Waals surface area contributed by atoms with Crippen LogP contribution in [0.15, 0.2) is 42.5 Å². The lowest BCUT2D eigenvalue weighted by Gasteiger charge is -2.30. The summed E-state index contributed by atoms with van der Waals surface area (Å²) in [5.74, 6) is 0.433. The average Bonchev–Trinajstić information content (AvgIpc) is 3.16. The third-order valence-electron chi connectivity index (χ3n) is 4.64. The molecule has 28 heavy (non-hydrogen) atoms. The van der Waals surface area contributed by atoms with Gasteiger partial charge >= 0.3 is 0 Å². The number of nitrogens with one attached hydrogen (secondary N) is 1. The van der Waals surface area contributed by atoms with Crippen molar-refractivity contribution in [2.24, 2.45) is 0 Å². The lowest BCUT2D eigenvalue weighted by atomic mass is 10.1. The summed E-state index contributed by atoms with van der Waals surface area (Å²) < 4.78 is 5.40. The quantitative estimate of drug-likeness (QED) is 0.425. The van der Waals surface area contributed by atoms with Crippen molar-refractivity contribution in [3.63, 3.8) is 0 Å². The van der Waals surface area contributed by atoms with Crippen LogP contribution in [0.2, 0.25) is 0 Å². The molecule has 0 bridgehead atoms. The number of morpholine rings is 1. The summed E-state index contributed by atoms with van der Waals surface area (Å²) in [5.41, 5.74) is 3.31. The molecule has 0 radical (unpaired) electrons. The van der Waals surface area contributed by atoms with Gasteiger partial charge in [-0.05, 0) is 24.3 Å². The fourth-order valence-electron chi connectivity index (χ4n) is 3.25. The molecule has 8 heteroatoms. The molecule has 2 heterocycles. The van der Waals surface area contributed by atoms with Gasteiger partial charge in [-0.15, -0.1) is 0 Å². The first-order valence-corrected chi connectivity index (χ1v) is 8.84. The molecule has 3 aromatic rings. The van der Waals surface area contributed by atoms with E-state index in [9.17, 15) is 15.4 Å². The van der Waals surface area contributed by atoms with E-state index < -0.39 is 4.92 Å². The highest BCUT2D eigenvalue weighted by molar-refractivity contribution is 5.92. The molecule has 0 spiro atoms. The molecule has 1 aliphatic heterocycles. The Labute approximate surface area is 160 Å². The van der Waals surface area contributed by atoms with Gasteiger partial charge in [0.1, 0.15) is 11.9 Å². The van der Waals surface area contributed by atoms with Crippen LogP contribution in [0.25, 0.3) is 22.7 Å².